The molecule has 0 fully saturated rings. The fraction of sp³-hybridized carbons (Fsp3) is 0.219. The minimum atomic E-state index is -0.460. The third-order valence-electron chi connectivity index (χ3n) is 6.74. The molecule has 1 heterocycles. The first kappa shape index (κ1) is 26.0. The molecule has 0 aromatic heterocycles. The maximum absolute atomic E-state index is 14.1. The Kier molecular flexibility index (Phi) is 7.59. The number of nitro groups is 1. The fourth-order valence-corrected chi connectivity index (χ4v) is 4.87. The monoisotopic (exact) mass is 521 g/mol. The quantitative estimate of drug-likeness (QED) is 0.175. The van der Waals surface area contributed by atoms with Crippen molar-refractivity contribution in [2.24, 2.45) is 5.92 Å². The molecule has 0 radical (unpaired) electrons. The molecule has 1 aliphatic rings. The molecular weight excluding hydrogens is 490 g/mol. The number of carbonyl (C=O) groups is 1. The molecule has 0 saturated carbocycles. The molecule has 0 unspecified atom stereocenters. The van der Waals surface area contributed by atoms with Gasteiger partial charge in [-0.2, -0.15) is 0 Å². The molecule has 7 nitrogen and oxygen atoms in total. The summed E-state index contributed by atoms with van der Waals surface area (Å²) in [5, 5.41) is 11.6. The maximum atomic E-state index is 14.1. The molecule has 0 aliphatic carbocycles. The van der Waals surface area contributed by atoms with E-state index in [1.807, 2.05) is 84.9 Å². The number of hydrogen-bond acceptors (Lipinski definition) is 5. The Balaban J connectivity index is 1.63. The summed E-state index contributed by atoms with van der Waals surface area (Å²) >= 11 is 0. The lowest BCUT2D eigenvalue weighted by atomic mass is 9.98. The largest absolute Gasteiger partial charge is 0.493 e. The lowest BCUT2D eigenvalue weighted by Gasteiger charge is -2.46. The van der Waals surface area contributed by atoms with E-state index in [1.54, 1.807) is 11.0 Å². The molecule has 0 spiro atoms. The van der Waals surface area contributed by atoms with E-state index in [0.717, 1.165) is 22.4 Å². The van der Waals surface area contributed by atoms with E-state index in [2.05, 4.69) is 18.7 Å². The minimum Gasteiger partial charge on any atom is -0.493 e. The van der Waals surface area contributed by atoms with Gasteiger partial charge in [-0.3, -0.25) is 14.9 Å². The van der Waals surface area contributed by atoms with E-state index in [9.17, 15) is 14.9 Å². The van der Waals surface area contributed by atoms with Gasteiger partial charge in [0.25, 0.3) is 11.6 Å². The molecule has 1 atom stereocenters. The van der Waals surface area contributed by atoms with Crippen molar-refractivity contribution in [3.05, 3.63) is 135 Å². The molecule has 4 aromatic carbocycles. The van der Waals surface area contributed by atoms with Gasteiger partial charge in [0.2, 0.25) is 0 Å². The number of nitro benzene ring substituents is 1. The average molecular weight is 522 g/mol. The number of amides is 1. The molecule has 198 valence electrons. The molecule has 0 bridgehead atoms. The number of non-ortho nitro benzene ring substituents is 1. The Bertz CT molecular complexity index is 1440. The number of nitrogens with zero attached hydrogens (tertiary/aromatic N) is 3. The van der Waals surface area contributed by atoms with Crippen molar-refractivity contribution >= 4 is 17.3 Å². The highest BCUT2D eigenvalue weighted by Gasteiger charge is 2.39. The third kappa shape index (κ3) is 5.77. The van der Waals surface area contributed by atoms with Gasteiger partial charge < -0.3 is 14.5 Å². The van der Waals surface area contributed by atoms with Crippen molar-refractivity contribution in [2.75, 3.05) is 11.5 Å². The molecule has 0 saturated heterocycles. The van der Waals surface area contributed by atoms with Crippen LogP contribution in [-0.2, 0) is 13.1 Å². The van der Waals surface area contributed by atoms with Crippen LogP contribution in [0.25, 0.3) is 0 Å². The van der Waals surface area contributed by atoms with Crippen molar-refractivity contribution in [2.45, 2.75) is 33.1 Å². The Morgan fingerprint density at radius 2 is 1.41 bits per heavy atom. The number of carbonyl (C=O) groups excluding carboxylic acids is 1. The van der Waals surface area contributed by atoms with Crippen molar-refractivity contribution < 1.29 is 14.5 Å². The fourth-order valence-electron chi connectivity index (χ4n) is 4.87. The van der Waals surface area contributed by atoms with Crippen molar-refractivity contribution in [1.29, 1.82) is 0 Å². The molecule has 7 heteroatoms. The number of benzene rings is 4. The van der Waals surface area contributed by atoms with Crippen LogP contribution in [0.4, 0.5) is 11.4 Å². The van der Waals surface area contributed by atoms with Crippen LogP contribution in [0.15, 0.2) is 103 Å². The highest BCUT2D eigenvalue weighted by atomic mass is 16.6. The second-order valence-corrected chi connectivity index (χ2v) is 10.1. The first-order chi connectivity index (χ1) is 18.9. The lowest BCUT2D eigenvalue weighted by Crippen LogP contribution is -2.48. The molecule has 0 N–H and O–H groups in total. The van der Waals surface area contributed by atoms with Gasteiger partial charge in [-0.1, -0.05) is 86.6 Å². The first-order valence-electron chi connectivity index (χ1n) is 13.1. The van der Waals surface area contributed by atoms with Crippen LogP contribution in [0.5, 0.6) is 5.75 Å². The smallest absolute Gasteiger partial charge is 0.270 e. The Morgan fingerprint density at radius 1 is 0.821 bits per heavy atom. The van der Waals surface area contributed by atoms with Crippen LogP contribution < -0.4 is 9.64 Å². The van der Waals surface area contributed by atoms with E-state index >= 15 is 0 Å². The Morgan fingerprint density at radius 3 is 1.97 bits per heavy atom. The van der Waals surface area contributed by atoms with E-state index in [0.29, 0.717) is 36.9 Å². The van der Waals surface area contributed by atoms with E-state index < -0.39 is 11.1 Å². The van der Waals surface area contributed by atoms with Crippen molar-refractivity contribution in [3.63, 3.8) is 0 Å². The van der Waals surface area contributed by atoms with Gasteiger partial charge in [0.1, 0.15) is 11.9 Å². The molecule has 5 rings (SSSR count). The predicted molar refractivity (Wildman–Crippen MR) is 152 cm³/mol. The summed E-state index contributed by atoms with van der Waals surface area (Å²) < 4.78 is 5.91. The molecule has 1 amide bonds. The normalized spacial score (nSPS) is 14.8. The zero-order chi connectivity index (χ0) is 27.4. The van der Waals surface area contributed by atoms with Crippen molar-refractivity contribution in [1.82, 2.24) is 4.90 Å². The van der Waals surface area contributed by atoms with E-state index in [1.165, 1.54) is 12.1 Å². The SMILES string of the molecule is CC(C)COc1ccc([C@H]2N(Cc3ccccc3)C(=O)c3cc([N+](=O)[O-])ccc3N2Cc2ccccc2)cc1. The summed E-state index contributed by atoms with van der Waals surface area (Å²) in [5.41, 5.74) is 3.86. The first-order valence-corrected chi connectivity index (χ1v) is 13.1. The summed E-state index contributed by atoms with van der Waals surface area (Å²) in [4.78, 5) is 29.2. The summed E-state index contributed by atoms with van der Waals surface area (Å²) in [6.45, 7) is 5.69. The highest BCUT2D eigenvalue weighted by Crippen LogP contribution is 2.42. The number of anilines is 1. The predicted octanol–water partition coefficient (Wildman–Crippen LogP) is 6.99. The summed E-state index contributed by atoms with van der Waals surface area (Å²) in [5.74, 6) is 0.936. The molecular formula is C32H31N3O4. The third-order valence-corrected chi connectivity index (χ3v) is 6.74. The Hall–Kier alpha value is -4.65. The van der Waals surface area contributed by atoms with Gasteiger partial charge in [-0.15, -0.1) is 0 Å². The highest BCUT2D eigenvalue weighted by molar-refractivity contribution is 6.02. The standard InChI is InChI=1S/C32H31N3O4/c1-23(2)22-39-28-16-13-26(14-17-28)31-33(20-24-9-5-3-6-10-24)30-18-15-27(35(37)38)19-29(30)32(36)34(31)21-25-11-7-4-8-12-25/h3-19,23,31H,20-22H2,1-2H3/t31-/m1/s1. The average Bonchev–Trinajstić information content (AvgIpc) is 2.95. The van der Waals surface area contributed by atoms with Crippen LogP contribution in [0.3, 0.4) is 0 Å². The molecule has 4 aromatic rings. The van der Waals surface area contributed by atoms with Gasteiger partial charge in [0.05, 0.1) is 22.8 Å². The van der Waals surface area contributed by atoms with Gasteiger partial charge in [-0.25, -0.2) is 0 Å². The summed E-state index contributed by atoms with van der Waals surface area (Å²) in [7, 11) is 0. The summed E-state index contributed by atoms with van der Waals surface area (Å²) in [6.07, 6.45) is -0.439. The maximum Gasteiger partial charge on any atom is 0.270 e. The van der Waals surface area contributed by atoms with Gasteiger partial charge in [0, 0.05) is 25.2 Å². The number of ether oxygens (including phenoxy) is 1. The number of hydrogen-bond donors (Lipinski definition) is 0. The second kappa shape index (κ2) is 11.4. The second-order valence-electron chi connectivity index (χ2n) is 10.1. The van der Waals surface area contributed by atoms with Gasteiger partial charge in [-0.05, 0) is 40.8 Å². The topological polar surface area (TPSA) is 75.9 Å². The van der Waals surface area contributed by atoms with E-state index in [4.69, 9.17) is 4.74 Å². The zero-order valence-corrected chi connectivity index (χ0v) is 22.1. The summed E-state index contributed by atoms with van der Waals surface area (Å²) in [6, 6.07) is 32.3. The zero-order valence-electron chi connectivity index (χ0n) is 22.1. The van der Waals surface area contributed by atoms with Crippen LogP contribution in [-0.4, -0.2) is 22.3 Å². The van der Waals surface area contributed by atoms with Crippen LogP contribution in [0.2, 0.25) is 0 Å². The molecule has 39 heavy (non-hydrogen) atoms. The molecule has 1 aliphatic heterocycles. The number of rotatable bonds is 9. The number of fused-ring (bicyclic) bond motifs is 1. The van der Waals surface area contributed by atoms with Crippen molar-refractivity contribution in [3.8, 4) is 5.75 Å². The van der Waals surface area contributed by atoms with Crippen LogP contribution in [0.1, 0.15) is 47.1 Å². The van der Waals surface area contributed by atoms with Crippen LogP contribution in [0, 0.1) is 16.0 Å². The van der Waals surface area contributed by atoms with Crippen LogP contribution >= 0.6 is 0 Å². The van der Waals surface area contributed by atoms with E-state index in [-0.39, 0.29) is 11.6 Å². The van der Waals surface area contributed by atoms with Gasteiger partial charge in [0.15, 0.2) is 0 Å². The minimum absolute atomic E-state index is 0.105. The van der Waals surface area contributed by atoms with Gasteiger partial charge >= 0.3 is 0 Å². The Labute approximate surface area is 228 Å². The lowest BCUT2D eigenvalue weighted by molar-refractivity contribution is -0.384.